The molecule has 0 saturated heterocycles. The summed E-state index contributed by atoms with van der Waals surface area (Å²) in [4.78, 5) is 9.28. The van der Waals surface area contributed by atoms with Crippen molar-refractivity contribution in [3.05, 3.63) is 164 Å². The molecule has 0 aliphatic carbocycles. The fourth-order valence-electron chi connectivity index (χ4n) is 6.28. The molecule has 5 aromatic carbocycles. The molecule has 0 spiro atoms. The molecule has 8 aromatic rings. The van der Waals surface area contributed by atoms with Crippen LogP contribution in [0.1, 0.15) is 33.6 Å². The van der Waals surface area contributed by atoms with E-state index in [2.05, 4.69) is 159 Å². The van der Waals surface area contributed by atoms with E-state index in [4.69, 9.17) is 1.37 Å². The molecular formula is C48H44IrN2SSi-2. The van der Waals surface area contributed by atoms with Crippen LogP contribution in [0.2, 0.25) is 19.6 Å². The van der Waals surface area contributed by atoms with E-state index in [1.165, 1.54) is 47.6 Å². The van der Waals surface area contributed by atoms with Crippen molar-refractivity contribution in [3.63, 3.8) is 0 Å². The fraction of sp³-hybridized carbons (Fsp3) is 0.167. The van der Waals surface area contributed by atoms with Crippen molar-refractivity contribution < 1.29 is 21.5 Å². The Morgan fingerprint density at radius 2 is 1.36 bits per heavy atom. The Hall–Kier alpha value is -4.51. The summed E-state index contributed by atoms with van der Waals surface area (Å²) in [6.07, 6.45) is 3.86. The second kappa shape index (κ2) is 16.7. The molecule has 2 nitrogen and oxygen atoms in total. The molecule has 1 radical (unpaired) electrons. The molecule has 1 atom stereocenters. The third-order valence-corrected chi connectivity index (χ3v) is 12.9. The smallest absolute Gasteiger partial charge is 0.0795 e. The molecule has 267 valence electrons. The average molecular weight is 902 g/mol. The van der Waals surface area contributed by atoms with Gasteiger partial charge in [0.05, 0.1) is 8.07 Å². The number of hydrogen-bond donors (Lipinski definition) is 0. The number of benzene rings is 5. The van der Waals surface area contributed by atoms with Gasteiger partial charge in [-0.15, -0.1) is 53.6 Å². The van der Waals surface area contributed by atoms with Gasteiger partial charge in [0.15, 0.2) is 0 Å². The van der Waals surface area contributed by atoms with Crippen molar-refractivity contribution >= 4 is 44.8 Å². The van der Waals surface area contributed by atoms with Crippen molar-refractivity contribution in [2.75, 3.05) is 0 Å². The van der Waals surface area contributed by atoms with E-state index in [0.29, 0.717) is 0 Å². The van der Waals surface area contributed by atoms with E-state index in [-0.39, 0.29) is 26.0 Å². The summed E-state index contributed by atoms with van der Waals surface area (Å²) in [5.74, 6) is -0.445. The monoisotopic (exact) mass is 902 g/mol. The third-order valence-electron chi connectivity index (χ3n) is 9.70. The van der Waals surface area contributed by atoms with Gasteiger partial charge in [-0.2, -0.15) is 11.3 Å². The van der Waals surface area contributed by atoms with E-state index in [0.717, 1.165) is 28.1 Å². The molecule has 0 N–H and O–H groups in total. The number of hydrogen-bond acceptors (Lipinski definition) is 3. The Morgan fingerprint density at radius 1 is 0.660 bits per heavy atom. The van der Waals surface area contributed by atoms with Crippen molar-refractivity contribution in [1.82, 2.24) is 9.97 Å². The maximum absolute atomic E-state index is 8.80. The van der Waals surface area contributed by atoms with E-state index in [1.54, 1.807) is 11.3 Å². The minimum Gasteiger partial charge on any atom is -0.305 e. The van der Waals surface area contributed by atoms with Gasteiger partial charge in [-0.1, -0.05) is 153 Å². The van der Waals surface area contributed by atoms with Gasteiger partial charge in [0.1, 0.15) is 0 Å². The van der Waals surface area contributed by atoms with E-state index in [9.17, 15) is 0 Å². The zero-order valence-corrected chi connectivity index (χ0v) is 35.3. The fourth-order valence-corrected chi connectivity index (χ4v) is 8.56. The first kappa shape index (κ1) is 36.8. The van der Waals surface area contributed by atoms with Crippen molar-refractivity contribution in [1.29, 1.82) is 0 Å². The first-order chi connectivity index (χ1) is 25.5. The minimum absolute atomic E-state index is 0. The molecule has 0 amide bonds. The number of pyridine rings is 2. The minimum atomic E-state index is -1.28. The number of thiophene rings is 1. The zero-order chi connectivity index (χ0) is 37.2. The maximum atomic E-state index is 8.80. The summed E-state index contributed by atoms with van der Waals surface area (Å²) in [6.45, 7) is 13.2. The molecule has 0 aliphatic rings. The van der Waals surface area contributed by atoms with E-state index >= 15 is 0 Å². The number of rotatable bonds is 7. The van der Waals surface area contributed by atoms with Gasteiger partial charge < -0.3 is 9.97 Å². The van der Waals surface area contributed by atoms with Crippen LogP contribution in [0.15, 0.2) is 146 Å². The summed E-state index contributed by atoms with van der Waals surface area (Å²) in [7, 11) is -1.28. The predicted octanol–water partition coefficient (Wildman–Crippen LogP) is 13.1. The molecule has 3 heterocycles. The quantitative estimate of drug-likeness (QED) is 0.118. The molecule has 0 fully saturated rings. The topological polar surface area (TPSA) is 25.8 Å². The SMILES string of the molecule is C[Si](C)(C)c1ccc(-c2[c-]cc(-c3ccccc3)cc2)nc1.[2H]C(C)(c1ccnc(-c2[c-]ccc3c2sc2cc(-c4ccccc4)ccc23)c1)C(C)C.[Ir]. The zero-order valence-electron chi connectivity index (χ0n) is 32.1. The van der Waals surface area contributed by atoms with Crippen LogP contribution in [0.5, 0.6) is 0 Å². The number of nitrogens with zero attached hydrogens (tertiary/aromatic N) is 2. The Bertz CT molecular complexity index is 2470. The van der Waals surface area contributed by atoms with Gasteiger partial charge in [-0.25, -0.2) is 0 Å². The van der Waals surface area contributed by atoms with Crippen molar-refractivity contribution in [3.8, 4) is 44.8 Å². The summed E-state index contributed by atoms with van der Waals surface area (Å²) >= 11 is 1.79. The van der Waals surface area contributed by atoms with Crippen LogP contribution in [-0.2, 0) is 20.1 Å². The molecule has 3 aromatic heterocycles. The molecule has 0 bridgehead atoms. The van der Waals surface area contributed by atoms with Gasteiger partial charge in [-0.3, -0.25) is 0 Å². The second-order valence-corrected chi connectivity index (χ2v) is 20.7. The van der Waals surface area contributed by atoms with Crippen LogP contribution in [0.3, 0.4) is 0 Å². The maximum Gasteiger partial charge on any atom is 0.0795 e. The van der Waals surface area contributed by atoms with Crippen LogP contribution in [0, 0.1) is 18.1 Å². The van der Waals surface area contributed by atoms with Gasteiger partial charge in [0.2, 0.25) is 0 Å². The Morgan fingerprint density at radius 3 is 1.98 bits per heavy atom. The van der Waals surface area contributed by atoms with Gasteiger partial charge in [0, 0.05) is 38.6 Å². The van der Waals surface area contributed by atoms with Crippen molar-refractivity contribution in [2.24, 2.45) is 5.92 Å². The summed E-state index contributed by atoms with van der Waals surface area (Å²) < 4.78 is 11.3. The number of fused-ring (bicyclic) bond motifs is 3. The van der Waals surface area contributed by atoms with Gasteiger partial charge in [-0.05, 0) is 61.7 Å². The standard InChI is InChI=1S/C28H24NS.C20H20NSi.Ir/c1-18(2)19(3)21-14-15-29-26(16-21)25-11-7-10-24-23-13-12-22(17-27(23)30-28(24)25)20-8-5-4-6-9-20;1-22(2,3)19-13-14-20(21-15-19)18-11-9-17(10-12-18)16-7-5-4-6-8-16;/h4-10,12-19H,1-3H3;4-11,13-15H,1-3H3;/q2*-1;/i19D;;. The van der Waals surface area contributed by atoms with Crippen LogP contribution in [-0.4, -0.2) is 18.0 Å². The summed E-state index contributed by atoms with van der Waals surface area (Å²) in [6, 6.07) is 53.1. The van der Waals surface area contributed by atoms with Gasteiger partial charge >= 0.3 is 0 Å². The molecular weight excluding hydrogens is 857 g/mol. The molecule has 5 heteroatoms. The first-order valence-corrected chi connectivity index (χ1v) is 22.2. The molecule has 0 saturated carbocycles. The Labute approximate surface area is 334 Å². The predicted molar refractivity (Wildman–Crippen MR) is 227 cm³/mol. The summed E-state index contributed by atoms with van der Waals surface area (Å²) in [5.41, 5.74) is 9.78. The molecule has 53 heavy (non-hydrogen) atoms. The Balaban J connectivity index is 0.000000191. The average Bonchev–Trinajstić information content (AvgIpc) is 3.57. The van der Waals surface area contributed by atoms with Gasteiger partial charge in [0.25, 0.3) is 0 Å². The number of aromatic nitrogens is 2. The first-order valence-electron chi connectivity index (χ1n) is 18.4. The van der Waals surface area contributed by atoms with Crippen LogP contribution in [0.4, 0.5) is 0 Å². The van der Waals surface area contributed by atoms with Crippen LogP contribution < -0.4 is 5.19 Å². The molecule has 8 rings (SSSR count). The van der Waals surface area contributed by atoms with Crippen LogP contribution in [0.25, 0.3) is 64.9 Å². The second-order valence-electron chi connectivity index (χ2n) is 14.6. The normalized spacial score (nSPS) is 12.8. The van der Waals surface area contributed by atoms with Crippen molar-refractivity contribution in [2.45, 2.75) is 46.3 Å². The largest absolute Gasteiger partial charge is 0.305 e. The molecule has 0 aliphatic heterocycles. The van der Waals surface area contributed by atoms with E-state index < -0.39 is 14.0 Å². The van der Waals surface area contributed by atoms with Crippen LogP contribution >= 0.6 is 11.3 Å². The summed E-state index contributed by atoms with van der Waals surface area (Å²) in [5, 5.41) is 3.88. The third kappa shape index (κ3) is 8.66. The molecule has 1 unspecified atom stereocenters. The Kier molecular flexibility index (Phi) is 11.6. The van der Waals surface area contributed by atoms with E-state index in [1.807, 2.05) is 49.6 Å².